The Kier molecular flexibility index (Phi) is 4.49. The number of hydrogen-bond donors (Lipinski definition) is 1. The number of piperazine rings is 1. The second kappa shape index (κ2) is 6.13. The van der Waals surface area contributed by atoms with Crippen LogP contribution in [0, 0.1) is 0 Å². The van der Waals surface area contributed by atoms with Crippen LogP contribution in [0.2, 0.25) is 0 Å². The van der Waals surface area contributed by atoms with E-state index >= 15 is 0 Å². The van der Waals surface area contributed by atoms with Gasteiger partial charge in [0, 0.05) is 25.7 Å². The summed E-state index contributed by atoms with van der Waals surface area (Å²) >= 11 is 0. The summed E-state index contributed by atoms with van der Waals surface area (Å²) in [6.45, 7) is 4.36. The van der Waals surface area contributed by atoms with E-state index in [2.05, 4.69) is 18.9 Å². The number of aromatic hydroxyl groups is 1. The molecule has 2 rings (SSSR count). The predicted octanol–water partition coefficient (Wildman–Crippen LogP) is 1.57. The third kappa shape index (κ3) is 2.72. The second-order valence-corrected chi connectivity index (χ2v) is 5.15. The average Bonchev–Trinajstić information content (AvgIpc) is 2.47. The molecule has 0 bridgehead atoms. The third-order valence-corrected chi connectivity index (χ3v) is 3.98. The summed E-state index contributed by atoms with van der Waals surface area (Å²) in [5.74, 6) is 0.122. The fourth-order valence-corrected chi connectivity index (χ4v) is 2.60. The smallest absolute Gasteiger partial charge is 0.257 e. The number of carbonyl (C=O) groups excluding carboxylic acids is 1. The van der Waals surface area contributed by atoms with Crippen LogP contribution in [0.3, 0.4) is 0 Å². The van der Waals surface area contributed by atoms with Crippen LogP contribution < -0.4 is 4.74 Å². The van der Waals surface area contributed by atoms with Crippen LogP contribution in [0.25, 0.3) is 0 Å². The number of hydrogen-bond acceptors (Lipinski definition) is 4. The first kappa shape index (κ1) is 14.7. The molecule has 5 heteroatoms. The fourth-order valence-electron chi connectivity index (χ4n) is 2.60. The van der Waals surface area contributed by atoms with E-state index in [9.17, 15) is 9.90 Å². The van der Waals surface area contributed by atoms with Gasteiger partial charge in [-0.05, 0) is 25.6 Å². The largest absolute Gasteiger partial charge is 0.504 e. The van der Waals surface area contributed by atoms with E-state index in [-0.39, 0.29) is 11.7 Å². The van der Waals surface area contributed by atoms with Gasteiger partial charge < -0.3 is 14.7 Å². The number of rotatable bonds is 3. The van der Waals surface area contributed by atoms with Crippen LogP contribution in [0.15, 0.2) is 18.2 Å². The summed E-state index contributed by atoms with van der Waals surface area (Å²) in [5, 5.41) is 10.1. The molecule has 1 aliphatic rings. The Hall–Kier alpha value is -1.75. The molecule has 1 unspecified atom stereocenters. The van der Waals surface area contributed by atoms with Crippen LogP contribution in [-0.2, 0) is 0 Å². The maximum Gasteiger partial charge on any atom is 0.257 e. The molecular formula is C15H22N2O3. The Bertz CT molecular complexity index is 490. The molecular weight excluding hydrogens is 256 g/mol. The number of methoxy groups -OCH3 is 1. The number of carbonyl (C=O) groups is 1. The highest BCUT2D eigenvalue weighted by Crippen LogP contribution is 2.30. The van der Waals surface area contributed by atoms with Crippen molar-refractivity contribution in [2.24, 2.45) is 0 Å². The zero-order valence-corrected chi connectivity index (χ0v) is 12.3. The minimum atomic E-state index is -0.132. The molecule has 0 spiro atoms. The van der Waals surface area contributed by atoms with Crippen molar-refractivity contribution in [2.45, 2.75) is 19.4 Å². The molecule has 1 aliphatic heterocycles. The second-order valence-electron chi connectivity index (χ2n) is 5.15. The highest BCUT2D eigenvalue weighted by Gasteiger charge is 2.28. The molecule has 20 heavy (non-hydrogen) atoms. The molecule has 1 aromatic carbocycles. The molecule has 0 saturated carbocycles. The molecule has 1 amide bonds. The quantitative estimate of drug-likeness (QED) is 0.912. The first-order valence-corrected chi connectivity index (χ1v) is 6.94. The van der Waals surface area contributed by atoms with Gasteiger partial charge in [-0.3, -0.25) is 9.69 Å². The molecule has 110 valence electrons. The van der Waals surface area contributed by atoms with Crippen molar-refractivity contribution in [3.63, 3.8) is 0 Å². The Morgan fingerprint density at radius 2 is 2.20 bits per heavy atom. The van der Waals surface area contributed by atoms with E-state index in [0.29, 0.717) is 30.4 Å². The van der Waals surface area contributed by atoms with Crippen LogP contribution in [0.1, 0.15) is 23.7 Å². The van der Waals surface area contributed by atoms with Gasteiger partial charge in [-0.1, -0.05) is 13.0 Å². The number of nitrogens with zero attached hydrogens (tertiary/aromatic N) is 2. The molecule has 1 N–H and O–H groups in total. The lowest BCUT2D eigenvalue weighted by atomic mass is 10.1. The molecule has 1 heterocycles. The molecule has 1 saturated heterocycles. The first-order valence-electron chi connectivity index (χ1n) is 6.94. The Morgan fingerprint density at radius 1 is 1.45 bits per heavy atom. The van der Waals surface area contributed by atoms with Gasteiger partial charge in [0.15, 0.2) is 11.5 Å². The number of ether oxygens (including phenoxy) is 1. The van der Waals surface area contributed by atoms with E-state index in [1.54, 1.807) is 18.2 Å². The molecule has 5 nitrogen and oxygen atoms in total. The number of likely N-dealkylation sites (N-methyl/N-ethyl adjacent to an activating group) is 1. The zero-order chi connectivity index (χ0) is 14.7. The number of para-hydroxylation sites is 1. The van der Waals surface area contributed by atoms with Gasteiger partial charge in [-0.15, -0.1) is 0 Å². The minimum Gasteiger partial charge on any atom is -0.504 e. The molecule has 0 aliphatic carbocycles. The lowest BCUT2D eigenvalue weighted by molar-refractivity contribution is 0.0538. The highest BCUT2D eigenvalue weighted by molar-refractivity contribution is 5.97. The van der Waals surface area contributed by atoms with Crippen LogP contribution in [0.4, 0.5) is 0 Å². The van der Waals surface area contributed by atoms with Crippen LogP contribution >= 0.6 is 0 Å². The van der Waals surface area contributed by atoms with Crippen molar-refractivity contribution in [1.29, 1.82) is 0 Å². The van der Waals surface area contributed by atoms with E-state index in [0.717, 1.165) is 13.0 Å². The van der Waals surface area contributed by atoms with Gasteiger partial charge in [0.05, 0.1) is 12.7 Å². The molecule has 1 atom stereocenters. The number of phenolic OH excluding ortho intramolecular Hbond substituents is 1. The third-order valence-electron chi connectivity index (χ3n) is 3.98. The van der Waals surface area contributed by atoms with Gasteiger partial charge in [-0.25, -0.2) is 0 Å². The Labute approximate surface area is 119 Å². The van der Waals surface area contributed by atoms with E-state index in [1.807, 2.05) is 4.90 Å². The zero-order valence-electron chi connectivity index (χ0n) is 12.3. The first-order chi connectivity index (χ1) is 9.58. The van der Waals surface area contributed by atoms with Gasteiger partial charge in [0.2, 0.25) is 0 Å². The summed E-state index contributed by atoms with van der Waals surface area (Å²) < 4.78 is 5.05. The standard InChI is InChI=1S/C15H22N2O3/c1-4-11-10-17(9-8-16(11)2)15(19)12-6-5-7-13(20-3)14(12)18/h5-7,11,18H,4,8-10H2,1-3H3. The van der Waals surface area contributed by atoms with Gasteiger partial charge in [-0.2, -0.15) is 0 Å². The lowest BCUT2D eigenvalue weighted by Crippen LogP contribution is -2.52. The van der Waals surface area contributed by atoms with Gasteiger partial charge in [0.25, 0.3) is 5.91 Å². The summed E-state index contributed by atoms with van der Waals surface area (Å²) in [6.07, 6.45) is 1.00. The van der Waals surface area contributed by atoms with Gasteiger partial charge in [0.1, 0.15) is 0 Å². The fraction of sp³-hybridized carbons (Fsp3) is 0.533. The van der Waals surface area contributed by atoms with E-state index in [1.165, 1.54) is 7.11 Å². The highest BCUT2D eigenvalue weighted by atomic mass is 16.5. The summed E-state index contributed by atoms with van der Waals surface area (Å²) in [5.41, 5.74) is 0.309. The lowest BCUT2D eigenvalue weighted by Gasteiger charge is -2.39. The number of amides is 1. The van der Waals surface area contributed by atoms with Crippen molar-refractivity contribution in [3.8, 4) is 11.5 Å². The van der Waals surface area contributed by atoms with Crippen molar-refractivity contribution in [1.82, 2.24) is 9.80 Å². The number of phenols is 1. The molecule has 0 radical (unpaired) electrons. The number of benzene rings is 1. The Balaban J connectivity index is 2.19. The topological polar surface area (TPSA) is 53.0 Å². The monoisotopic (exact) mass is 278 g/mol. The molecule has 1 fully saturated rings. The van der Waals surface area contributed by atoms with Crippen molar-refractivity contribution in [2.75, 3.05) is 33.8 Å². The van der Waals surface area contributed by atoms with Crippen LogP contribution in [0.5, 0.6) is 11.5 Å². The summed E-state index contributed by atoms with van der Waals surface area (Å²) in [4.78, 5) is 16.6. The maximum atomic E-state index is 12.5. The minimum absolute atomic E-state index is 0.0769. The maximum absolute atomic E-state index is 12.5. The SMILES string of the molecule is CCC1CN(C(=O)c2cccc(OC)c2O)CCN1C. The van der Waals surface area contributed by atoms with Crippen LogP contribution in [-0.4, -0.2) is 60.6 Å². The summed E-state index contributed by atoms with van der Waals surface area (Å²) in [7, 11) is 3.56. The molecule has 0 aromatic heterocycles. The predicted molar refractivity (Wildman–Crippen MR) is 77.3 cm³/mol. The van der Waals surface area contributed by atoms with E-state index < -0.39 is 0 Å². The van der Waals surface area contributed by atoms with E-state index in [4.69, 9.17) is 4.74 Å². The summed E-state index contributed by atoms with van der Waals surface area (Å²) in [6, 6.07) is 5.38. The van der Waals surface area contributed by atoms with Crippen molar-refractivity contribution >= 4 is 5.91 Å². The average molecular weight is 278 g/mol. The molecule has 1 aromatic rings. The normalized spacial score (nSPS) is 19.9. The van der Waals surface area contributed by atoms with Gasteiger partial charge >= 0.3 is 0 Å². The van der Waals surface area contributed by atoms with Crippen molar-refractivity contribution < 1.29 is 14.6 Å². The Morgan fingerprint density at radius 3 is 2.85 bits per heavy atom. The van der Waals surface area contributed by atoms with Crippen molar-refractivity contribution in [3.05, 3.63) is 23.8 Å².